The van der Waals surface area contributed by atoms with E-state index in [1.807, 2.05) is 0 Å². The lowest BCUT2D eigenvalue weighted by atomic mass is 10.4. The van der Waals surface area contributed by atoms with Gasteiger partial charge >= 0.3 is 0 Å². The van der Waals surface area contributed by atoms with E-state index in [-0.39, 0.29) is 15.9 Å². The number of rotatable bonds is 0. The largest absolute Gasteiger partial charge is 0.382 e. The third-order valence-electron chi connectivity index (χ3n) is 1.81. The van der Waals surface area contributed by atoms with Crippen LogP contribution in [-0.2, 0) is 9.84 Å². The maximum atomic E-state index is 11.5. The van der Waals surface area contributed by atoms with Gasteiger partial charge in [-0.05, 0) is 12.1 Å². The van der Waals surface area contributed by atoms with E-state index in [0.717, 1.165) is 0 Å². The first-order valence-corrected chi connectivity index (χ1v) is 5.76. The van der Waals surface area contributed by atoms with Crippen LogP contribution in [0.5, 0.6) is 0 Å². The van der Waals surface area contributed by atoms with Crippen molar-refractivity contribution in [3.63, 3.8) is 0 Å². The van der Waals surface area contributed by atoms with Gasteiger partial charge in [0.25, 0.3) is 0 Å². The molecule has 13 heavy (non-hydrogen) atoms. The van der Waals surface area contributed by atoms with Gasteiger partial charge in [0.15, 0.2) is 14.9 Å². The fourth-order valence-corrected chi connectivity index (χ4v) is 2.68. The van der Waals surface area contributed by atoms with Gasteiger partial charge in [0.2, 0.25) is 0 Å². The molecule has 6 heteroatoms. The average Bonchev–Trinajstić information content (AvgIpc) is 2.06. The summed E-state index contributed by atoms with van der Waals surface area (Å²) in [6, 6.07) is 3.19. The minimum Gasteiger partial charge on any atom is -0.382 e. The summed E-state index contributed by atoms with van der Waals surface area (Å²) in [4.78, 5) is 3.78. The van der Waals surface area contributed by atoms with Crippen LogP contribution in [0.4, 0.5) is 5.69 Å². The van der Waals surface area contributed by atoms with Gasteiger partial charge < -0.3 is 5.32 Å². The average molecular weight is 219 g/mol. The van der Waals surface area contributed by atoms with E-state index in [9.17, 15) is 8.42 Å². The van der Waals surface area contributed by atoms with Crippen molar-refractivity contribution in [3.8, 4) is 0 Å². The molecule has 1 aliphatic heterocycles. The van der Waals surface area contributed by atoms with Crippen molar-refractivity contribution < 1.29 is 8.42 Å². The number of fused-ring (bicyclic) bond motifs is 1. The summed E-state index contributed by atoms with van der Waals surface area (Å²) in [5.74, 6) is 0.0767. The van der Waals surface area contributed by atoms with Crippen molar-refractivity contribution in [2.75, 3.05) is 17.6 Å². The van der Waals surface area contributed by atoms with Crippen LogP contribution < -0.4 is 5.32 Å². The SMILES string of the molecule is O=S1(=O)CCNc2ccc(Cl)nc21. The van der Waals surface area contributed by atoms with E-state index >= 15 is 0 Å². The minimum absolute atomic E-state index is 0.0613. The number of aromatic nitrogens is 1. The molecule has 0 fully saturated rings. The number of nitrogens with one attached hydrogen (secondary N) is 1. The van der Waals surface area contributed by atoms with Gasteiger partial charge in [-0.1, -0.05) is 11.6 Å². The molecule has 2 rings (SSSR count). The Balaban J connectivity index is 2.68. The number of halogens is 1. The molecule has 0 unspecified atom stereocenters. The lowest BCUT2D eigenvalue weighted by Gasteiger charge is -2.16. The van der Waals surface area contributed by atoms with Crippen molar-refractivity contribution in [1.82, 2.24) is 4.98 Å². The molecular weight excluding hydrogens is 212 g/mol. The second-order valence-electron chi connectivity index (χ2n) is 2.73. The highest BCUT2D eigenvalue weighted by Gasteiger charge is 2.24. The van der Waals surface area contributed by atoms with E-state index in [4.69, 9.17) is 11.6 Å². The summed E-state index contributed by atoms with van der Waals surface area (Å²) in [7, 11) is -3.22. The highest BCUT2D eigenvalue weighted by Crippen LogP contribution is 2.25. The van der Waals surface area contributed by atoms with Crippen LogP contribution in [0.2, 0.25) is 5.15 Å². The molecule has 1 aromatic heterocycles. The molecular formula is C7H7ClN2O2S. The standard InChI is InChI=1S/C7H7ClN2O2S/c8-6-2-1-5-7(10-6)13(11,12)4-3-9-5/h1-2,9H,3-4H2. The summed E-state index contributed by atoms with van der Waals surface area (Å²) in [5, 5.41) is 3.21. The summed E-state index contributed by atoms with van der Waals surface area (Å²) < 4.78 is 22.9. The Labute approximate surface area is 80.9 Å². The Morgan fingerprint density at radius 1 is 1.46 bits per heavy atom. The van der Waals surface area contributed by atoms with Gasteiger partial charge in [0.1, 0.15) is 5.15 Å². The van der Waals surface area contributed by atoms with Crippen molar-refractivity contribution in [2.45, 2.75) is 5.03 Å². The first-order valence-electron chi connectivity index (χ1n) is 3.73. The van der Waals surface area contributed by atoms with Crippen molar-refractivity contribution in [2.24, 2.45) is 0 Å². The maximum Gasteiger partial charge on any atom is 0.199 e. The predicted octanol–water partition coefficient (Wildman–Crippen LogP) is 0.934. The fourth-order valence-electron chi connectivity index (χ4n) is 1.21. The fraction of sp³-hybridized carbons (Fsp3) is 0.286. The molecule has 0 spiro atoms. The van der Waals surface area contributed by atoms with Crippen LogP contribution in [0.15, 0.2) is 17.2 Å². The van der Waals surface area contributed by atoms with E-state index in [1.165, 1.54) is 0 Å². The van der Waals surface area contributed by atoms with Crippen LogP contribution in [0.1, 0.15) is 0 Å². The molecule has 0 saturated heterocycles. The second-order valence-corrected chi connectivity index (χ2v) is 5.14. The predicted molar refractivity (Wildman–Crippen MR) is 49.8 cm³/mol. The van der Waals surface area contributed by atoms with E-state index in [1.54, 1.807) is 12.1 Å². The van der Waals surface area contributed by atoms with Gasteiger partial charge in [-0.2, -0.15) is 0 Å². The Hall–Kier alpha value is -0.810. The number of hydrogen-bond donors (Lipinski definition) is 1. The van der Waals surface area contributed by atoms with Crippen molar-refractivity contribution in [3.05, 3.63) is 17.3 Å². The molecule has 0 radical (unpaired) electrons. The van der Waals surface area contributed by atoms with Crippen LogP contribution in [0.25, 0.3) is 0 Å². The lowest BCUT2D eigenvalue weighted by molar-refractivity contribution is 0.591. The molecule has 4 nitrogen and oxygen atoms in total. The third-order valence-corrected chi connectivity index (χ3v) is 3.66. The molecule has 0 aromatic carbocycles. The molecule has 0 saturated carbocycles. The number of nitrogens with zero attached hydrogens (tertiary/aromatic N) is 1. The van der Waals surface area contributed by atoms with Gasteiger partial charge in [0.05, 0.1) is 11.4 Å². The van der Waals surface area contributed by atoms with Crippen LogP contribution in [-0.4, -0.2) is 25.7 Å². The quantitative estimate of drug-likeness (QED) is 0.659. The van der Waals surface area contributed by atoms with E-state index < -0.39 is 9.84 Å². The molecule has 70 valence electrons. The summed E-state index contributed by atoms with van der Waals surface area (Å²) in [5.41, 5.74) is 0.538. The normalized spacial score (nSPS) is 18.8. The molecule has 2 heterocycles. The Kier molecular flexibility index (Phi) is 1.92. The Morgan fingerprint density at radius 2 is 2.23 bits per heavy atom. The number of sulfone groups is 1. The molecule has 0 amide bonds. The van der Waals surface area contributed by atoms with Gasteiger partial charge in [0, 0.05) is 6.54 Å². The minimum atomic E-state index is -3.22. The van der Waals surface area contributed by atoms with E-state index in [0.29, 0.717) is 12.2 Å². The van der Waals surface area contributed by atoms with Crippen molar-refractivity contribution >= 4 is 27.1 Å². The zero-order valence-corrected chi connectivity index (χ0v) is 8.19. The third kappa shape index (κ3) is 1.49. The zero-order chi connectivity index (χ0) is 9.47. The zero-order valence-electron chi connectivity index (χ0n) is 6.62. The highest BCUT2D eigenvalue weighted by atomic mass is 35.5. The van der Waals surface area contributed by atoms with Crippen molar-refractivity contribution in [1.29, 1.82) is 0 Å². The molecule has 1 aliphatic rings. The highest BCUT2D eigenvalue weighted by molar-refractivity contribution is 7.91. The second kappa shape index (κ2) is 2.85. The Bertz CT molecular complexity index is 444. The van der Waals surface area contributed by atoms with E-state index in [2.05, 4.69) is 10.3 Å². The van der Waals surface area contributed by atoms with Gasteiger partial charge in [-0.25, -0.2) is 13.4 Å². The lowest BCUT2D eigenvalue weighted by Crippen LogP contribution is -2.24. The summed E-state index contributed by atoms with van der Waals surface area (Å²) in [6.45, 7) is 0.429. The number of anilines is 1. The van der Waals surface area contributed by atoms with Gasteiger partial charge in [-0.15, -0.1) is 0 Å². The van der Waals surface area contributed by atoms with Crippen LogP contribution in [0.3, 0.4) is 0 Å². The summed E-state index contributed by atoms with van der Waals surface area (Å²) in [6.07, 6.45) is 0. The first-order chi connectivity index (χ1) is 6.09. The smallest absolute Gasteiger partial charge is 0.199 e. The van der Waals surface area contributed by atoms with Gasteiger partial charge in [-0.3, -0.25) is 0 Å². The number of hydrogen-bond acceptors (Lipinski definition) is 4. The molecule has 1 aromatic rings. The summed E-state index contributed by atoms with van der Waals surface area (Å²) >= 11 is 5.60. The number of pyridine rings is 1. The van der Waals surface area contributed by atoms with Crippen LogP contribution >= 0.6 is 11.6 Å². The molecule has 1 N–H and O–H groups in total. The topological polar surface area (TPSA) is 59.1 Å². The maximum absolute atomic E-state index is 11.5. The first kappa shape index (κ1) is 8.77. The Morgan fingerprint density at radius 3 is 3.00 bits per heavy atom. The van der Waals surface area contributed by atoms with Crippen LogP contribution in [0, 0.1) is 0 Å². The monoisotopic (exact) mass is 218 g/mol. The molecule has 0 aliphatic carbocycles. The molecule has 0 atom stereocenters. The molecule has 0 bridgehead atoms.